The summed E-state index contributed by atoms with van der Waals surface area (Å²) in [5.41, 5.74) is -0.140. The Hall–Kier alpha value is -5.38. The molecular formula is C37H46N6O10. The van der Waals surface area contributed by atoms with Crippen LogP contribution in [0.5, 0.6) is 11.5 Å². The third-order valence-corrected chi connectivity index (χ3v) is 9.44. The van der Waals surface area contributed by atoms with Crippen molar-refractivity contribution in [3.8, 4) is 11.5 Å². The van der Waals surface area contributed by atoms with Crippen molar-refractivity contribution < 1.29 is 43.2 Å². The number of nitrogens with one attached hydrogen (secondary N) is 5. The first-order valence-corrected chi connectivity index (χ1v) is 17.7. The Morgan fingerprint density at radius 3 is 2.34 bits per heavy atom. The van der Waals surface area contributed by atoms with Crippen LogP contribution in [0.15, 0.2) is 36.4 Å². The van der Waals surface area contributed by atoms with Crippen LogP contribution in [0.4, 0.5) is 11.4 Å². The van der Waals surface area contributed by atoms with Crippen molar-refractivity contribution in [3.63, 3.8) is 0 Å². The fraction of sp³-hybridized carbons (Fsp3) is 0.514. The van der Waals surface area contributed by atoms with Gasteiger partial charge in [-0.1, -0.05) is 33.8 Å². The van der Waals surface area contributed by atoms with Crippen LogP contribution in [0, 0.1) is 22.0 Å². The normalized spacial score (nSPS) is 24.6. The third kappa shape index (κ3) is 9.35. The van der Waals surface area contributed by atoms with Crippen LogP contribution in [-0.4, -0.2) is 76.6 Å². The molecule has 53 heavy (non-hydrogen) atoms. The smallest absolute Gasteiger partial charge is 0.311 e. The van der Waals surface area contributed by atoms with Crippen molar-refractivity contribution in [1.29, 1.82) is 0 Å². The quantitative estimate of drug-likeness (QED) is 0.136. The predicted octanol–water partition coefficient (Wildman–Crippen LogP) is 2.78. The molecule has 0 radical (unpaired) electrons. The van der Waals surface area contributed by atoms with Gasteiger partial charge in [-0.15, -0.1) is 0 Å². The summed E-state index contributed by atoms with van der Waals surface area (Å²) in [5.74, 6) is -4.54. The number of nitrogens with zero attached hydrogens (tertiary/aromatic N) is 1. The summed E-state index contributed by atoms with van der Waals surface area (Å²) in [5, 5.41) is 25.6. The summed E-state index contributed by atoms with van der Waals surface area (Å²) < 4.78 is 11.4. The van der Waals surface area contributed by atoms with Gasteiger partial charge in [0.1, 0.15) is 29.5 Å². The maximum Gasteiger partial charge on any atom is 0.311 e. The lowest BCUT2D eigenvalue weighted by Crippen LogP contribution is -2.59. The molecule has 2 aromatic rings. The molecule has 284 valence electrons. The van der Waals surface area contributed by atoms with Crippen LogP contribution < -0.4 is 31.3 Å². The van der Waals surface area contributed by atoms with Crippen LogP contribution in [0.3, 0.4) is 0 Å². The molecule has 5 N–H and O–H groups in total. The van der Waals surface area contributed by atoms with Gasteiger partial charge in [-0.3, -0.25) is 38.9 Å². The second kappa shape index (κ2) is 15.7. The number of Topliss-reactive ketones (excluding diaryl/α,β-unsaturated/α-hetero) is 1. The fourth-order valence-electron chi connectivity index (χ4n) is 6.65. The highest BCUT2D eigenvalue weighted by Crippen LogP contribution is 2.40. The second-order valence-electron chi connectivity index (χ2n) is 15.0. The van der Waals surface area contributed by atoms with Gasteiger partial charge < -0.3 is 36.1 Å². The molecule has 16 heteroatoms. The number of epoxide rings is 1. The van der Waals surface area contributed by atoms with Gasteiger partial charge in [-0.25, -0.2) is 0 Å². The van der Waals surface area contributed by atoms with Gasteiger partial charge in [-0.05, 0) is 73.4 Å². The number of carbonyl (C=O) groups is 6. The molecule has 0 spiro atoms. The van der Waals surface area contributed by atoms with Crippen LogP contribution in [0.2, 0.25) is 0 Å². The highest BCUT2D eigenvalue weighted by molar-refractivity contribution is 6.04. The van der Waals surface area contributed by atoms with E-state index >= 15 is 0 Å². The zero-order valence-corrected chi connectivity index (χ0v) is 30.6. The largest absolute Gasteiger partial charge is 0.450 e. The Kier molecular flexibility index (Phi) is 11.5. The molecule has 3 heterocycles. The summed E-state index contributed by atoms with van der Waals surface area (Å²) in [4.78, 5) is 92.6. The lowest BCUT2D eigenvalue weighted by molar-refractivity contribution is -0.385. The monoisotopic (exact) mass is 734 g/mol. The Morgan fingerprint density at radius 2 is 1.72 bits per heavy atom. The molecule has 1 unspecified atom stereocenters. The molecule has 6 atom stereocenters. The molecular weight excluding hydrogens is 688 g/mol. The first-order valence-electron chi connectivity index (χ1n) is 17.7. The van der Waals surface area contributed by atoms with Crippen LogP contribution in [-0.2, 0) is 39.9 Å². The average Bonchev–Trinajstić information content (AvgIpc) is 3.75. The molecule has 16 nitrogen and oxygen atoms in total. The van der Waals surface area contributed by atoms with Gasteiger partial charge in [-0.2, -0.15) is 0 Å². The fourth-order valence-corrected chi connectivity index (χ4v) is 6.65. The topological polar surface area (TPSA) is 227 Å². The van der Waals surface area contributed by atoms with Crippen molar-refractivity contribution in [2.75, 3.05) is 11.9 Å². The number of rotatable bonds is 10. The highest BCUT2D eigenvalue weighted by Gasteiger charge is 2.50. The van der Waals surface area contributed by atoms with Crippen molar-refractivity contribution in [2.45, 2.75) is 103 Å². The van der Waals surface area contributed by atoms with Gasteiger partial charge in [0, 0.05) is 25.1 Å². The molecule has 5 amide bonds. The summed E-state index contributed by atoms with van der Waals surface area (Å²) >= 11 is 0. The van der Waals surface area contributed by atoms with E-state index in [4.69, 9.17) is 9.47 Å². The molecule has 1 saturated heterocycles. The van der Waals surface area contributed by atoms with E-state index in [1.54, 1.807) is 13.0 Å². The molecule has 0 saturated carbocycles. The maximum atomic E-state index is 14.2. The number of hydrogen-bond donors (Lipinski definition) is 5. The molecule has 4 bridgehead atoms. The number of nitro benzene ring substituents is 1. The van der Waals surface area contributed by atoms with Gasteiger partial charge in [0.25, 0.3) is 0 Å². The van der Waals surface area contributed by atoms with Crippen LogP contribution in [0.25, 0.3) is 0 Å². The molecule has 0 aromatic heterocycles. The number of benzene rings is 2. The molecule has 5 rings (SSSR count). The number of ketones is 1. The zero-order valence-electron chi connectivity index (χ0n) is 30.6. The van der Waals surface area contributed by atoms with Crippen LogP contribution >= 0.6 is 0 Å². The van der Waals surface area contributed by atoms with E-state index in [2.05, 4.69) is 26.6 Å². The van der Waals surface area contributed by atoms with E-state index < -0.39 is 70.1 Å². The summed E-state index contributed by atoms with van der Waals surface area (Å²) in [6, 6.07) is 4.00. The van der Waals surface area contributed by atoms with Crippen molar-refractivity contribution >= 4 is 46.7 Å². The standard InChI is InChI=1S/C37H46N6O10/c1-18(2)11-26(32(45)37(6)17-52-37)40-36(49)29-16-24-23-15-22(8-9-25(23)39-33(24)46)53-31-14-21(7-10-30(31)43(50)51)13-28(38-20(5)44)35(48)41-27(12-19(3)4)34(47)42-29/h7-10,14-15,18-19,24,26-29H,11-13,16-17H2,1-6H3,(H,38,44)(H,39,46)(H,40,49)(H,41,48)(H,42,47)/t24?,26-,27-,28-,29-,37+/m0/s1. The molecule has 2 aromatic carbocycles. The van der Waals surface area contributed by atoms with E-state index in [9.17, 15) is 38.9 Å². The van der Waals surface area contributed by atoms with Gasteiger partial charge in [0.2, 0.25) is 35.3 Å². The predicted molar refractivity (Wildman–Crippen MR) is 191 cm³/mol. The van der Waals surface area contributed by atoms with E-state index in [1.165, 1.54) is 37.3 Å². The first kappa shape index (κ1) is 38.8. The summed E-state index contributed by atoms with van der Waals surface area (Å²) in [6.45, 7) is 10.6. The maximum absolute atomic E-state index is 14.2. The number of carbonyl (C=O) groups excluding carboxylic acids is 6. The zero-order chi connectivity index (χ0) is 38.8. The van der Waals surface area contributed by atoms with Gasteiger partial charge in [0.05, 0.1) is 23.5 Å². The third-order valence-electron chi connectivity index (χ3n) is 9.44. The first-order chi connectivity index (χ1) is 24.9. The van der Waals surface area contributed by atoms with Crippen molar-refractivity contribution in [1.82, 2.24) is 21.3 Å². The molecule has 1 fully saturated rings. The Balaban J connectivity index is 1.59. The minimum atomic E-state index is -1.37. The van der Waals surface area contributed by atoms with Gasteiger partial charge in [0.15, 0.2) is 5.78 Å². The highest BCUT2D eigenvalue weighted by atomic mass is 16.6. The SMILES string of the molecule is CC(=O)N[C@H]1Cc2ccc([N+](=O)[O-])c(c2)Oc2ccc3c(c2)C(C[C@@H](C(=O)N[C@@H](CC(C)C)C(=O)[C@@]2(C)CO2)NC(=O)[C@H](CC(C)C)NC1=O)C(=O)N3. The molecule has 3 aliphatic heterocycles. The lowest BCUT2D eigenvalue weighted by atomic mass is 9.90. The minimum Gasteiger partial charge on any atom is -0.450 e. The van der Waals surface area contributed by atoms with E-state index in [0.29, 0.717) is 23.2 Å². The van der Waals surface area contributed by atoms with Crippen LogP contribution in [0.1, 0.15) is 77.8 Å². The van der Waals surface area contributed by atoms with E-state index in [-0.39, 0.29) is 60.7 Å². The summed E-state index contributed by atoms with van der Waals surface area (Å²) in [7, 11) is 0. The Labute approximate surface area is 306 Å². The summed E-state index contributed by atoms with van der Waals surface area (Å²) in [6.07, 6.45) is 0.0810. The average molecular weight is 735 g/mol. The number of anilines is 1. The molecule has 3 aliphatic rings. The number of ether oxygens (including phenoxy) is 2. The second-order valence-corrected chi connectivity index (χ2v) is 15.0. The Morgan fingerprint density at radius 1 is 1.00 bits per heavy atom. The lowest BCUT2D eigenvalue weighted by Gasteiger charge is -2.28. The van der Waals surface area contributed by atoms with Crippen molar-refractivity contribution in [2.24, 2.45) is 11.8 Å². The number of amides is 5. The number of fused-ring (bicyclic) bond motifs is 3. The van der Waals surface area contributed by atoms with Crippen molar-refractivity contribution in [3.05, 3.63) is 57.6 Å². The van der Waals surface area contributed by atoms with E-state index in [0.717, 1.165) is 0 Å². The number of nitro groups is 1. The molecule has 0 aliphatic carbocycles. The van der Waals surface area contributed by atoms with E-state index in [1.807, 2.05) is 27.7 Å². The number of hydrogen-bond acceptors (Lipinski definition) is 10. The minimum absolute atomic E-state index is 0.00592. The Bertz CT molecular complexity index is 1820. The van der Waals surface area contributed by atoms with Gasteiger partial charge >= 0.3 is 5.69 Å².